The fraction of sp³-hybridized carbons (Fsp3) is 0.375. The number of amides is 2. The van der Waals surface area contributed by atoms with Gasteiger partial charge in [-0.15, -0.1) is 11.8 Å². The summed E-state index contributed by atoms with van der Waals surface area (Å²) in [7, 11) is 0. The molecule has 6 N–H and O–H groups in total. The van der Waals surface area contributed by atoms with Crippen LogP contribution in [-0.2, 0) is 19.2 Å². The van der Waals surface area contributed by atoms with Gasteiger partial charge in [-0.25, -0.2) is 0 Å². The Balaban J connectivity index is 2.63. The summed E-state index contributed by atoms with van der Waals surface area (Å²) in [6, 6.07) is 7.04. The van der Waals surface area contributed by atoms with Crippen LogP contribution in [0.4, 0.5) is 0 Å². The van der Waals surface area contributed by atoms with Crippen LogP contribution in [0.1, 0.15) is 12.8 Å². The van der Waals surface area contributed by atoms with E-state index in [-0.39, 0.29) is 18.6 Å². The van der Waals surface area contributed by atoms with Crippen molar-refractivity contribution in [1.29, 1.82) is 0 Å². The second-order valence-electron chi connectivity index (χ2n) is 5.34. The van der Waals surface area contributed by atoms with E-state index in [1.54, 1.807) is 0 Å². The van der Waals surface area contributed by atoms with Crippen LogP contribution in [0.25, 0.3) is 0 Å². The summed E-state index contributed by atoms with van der Waals surface area (Å²) in [5.41, 5.74) is 5.34. The largest absolute Gasteiger partial charge is 0.480 e. The monoisotopic (exact) mass is 383 g/mol. The molecule has 9 nitrogen and oxygen atoms in total. The van der Waals surface area contributed by atoms with Crippen molar-refractivity contribution < 1.29 is 29.4 Å². The van der Waals surface area contributed by atoms with Crippen LogP contribution in [0.3, 0.4) is 0 Å². The van der Waals surface area contributed by atoms with Gasteiger partial charge in [0.25, 0.3) is 0 Å². The highest BCUT2D eigenvalue weighted by Crippen LogP contribution is 2.18. The number of carboxylic acid groups (broad SMARTS) is 2. The van der Waals surface area contributed by atoms with E-state index in [0.29, 0.717) is 0 Å². The quantitative estimate of drug-likeness (QED) is 0.324. The zero-order chi connectivity index (χ0) is 19.5. The van der Waals surface area contributed by atoms with Crippen molar-refractivity contribution in [2.45, 2.75) is 29.8 Å². The molecule has 1 rings (SSSR count). The molecule has 0 radical (unpaired) electrons. The van der Waals surface area contributed by atoms with Crippen molar-refractivity contribution in [3.8, 4) is 0 Å². The predicted molar refractivity (Wildman–Crippen MR) is 94.6 cm³/mol. The van der Waals surface area contributed by atoms with Crippen LogP contribution in [0.15, 0.2) is 35.2 Å². The molecule has 0 saturated heterocycles. The van der Waals surface area contributed by atoms with Gasteiger partial charge in [0.1, 0.15) is 18.6 Å². The number of thioether (sulfide) groups is 1. The minimum atomic E-state index is -1.21. The number of carbonyl (C=O) groups excluding carboxylic acids is 2. The van der Waals surface area contributed by atoms with Crippen molar-refractivity contribution in [1.82, 2.24) is 10.6 Å². The number of hydrogen-bond acceptors (Lipinski definition) is 6. The molecule has 0 aliphatic rings. The summed E-state index contributed by atoms with van der Waals surface area (Å²) >= 11 is 1.32. The third-order valence-corrected chi connectivity index (χ3v) is 4.33. The maximum Gasteiger partial charge on any atom is 0.322 e. The van der Waals surface area contributed by atoms with Gasteiger partial charge < -0.3 is 26.6 Å². The van der Waals surface area contributed by atoms with E-state index < -0.39 is 42.4 Å². The Morgan fingerprint density at radius 1 is 1.12 bits per heavy atom. The second-order valence-corrected chi connectivity index (χ2v) is 6.43. The molecular formula is C16H21N3O6S. The number of hydrogen-bond donors (Lipinski definition) is 5. The number of nitrogens with two attached hydrogens (primary N) is 1. The zero-order valence-electron chi connectivity index (χ0n) is 13.9. The van der Waals surface area contributed by atoms with Crippen molar-refractivity contribution in [2.75, 3.05) is 12.3 Å². The normalized spacial score (nSPS) is 12.7. The van der Waals surface area contributed by atoms with Crippen LogP contribution in [0.5, 0.6) is 0 Å². The Hall–Kier alpha value is -2.59. The zero-order valence-corrected chi connectivity index (χ0v) is 14.7. The minimum Gasteiger partial charge on any atom is -0.480 e. The van der Waals surface area contributed by atoms with Gasteiger partial charge >= 0.3 is 11.9 Å². The molecule has 0 aliphatic carbocycles. The Kier molecular flexibility index (Phi) is 9.17. The first-order valence-electron chi connectivity index (χ1n) is 7.74. The molecule has 0 saturated carbocycles. The highest BCUT2D eigenvalue weighted by atomic mass is 32.2. The lowest BCUT2D eigenvalue weighted by atomic mass is 10.1. The average molecular weight is 383 g/mol. The van der Waals surface area contributed by atoms with E-state index in [1.807, 2.05) is 30.3 Å². The van der Waals surface area contributed by atoms with E-state index in [4.69, 9.17) is 15.9 Å². The summed E-state index contributed by atoms with van der Waals surface area (Å²) < 4.78 is 0. The van der Waals surface area contributed by atoms with Gasteiger partial charge in [0.05, 0.1) is 0 Å². The third-order valence-electron chi connectivity index (χ3n) is 3.23. The van der Waals surface area contributed by atoms with Gasteiger partial charge in [-0.2, -0.15) is 0 Å². The van der Waals surface area contributed by atoms with Crippen LogP contribution < -0.4 is 16.4 Å². The number of nitrogens with one attached hydrogen (secondary N) is 2. The number of aliphatic carboxylic acids is 2. The average Bonchev–Trinajstić information content (AvgIpc) is 2.61. The fourth-order valence-electron chi connectivity index (χ4n) is 1.84. The summed E-state index contributed by atoms with van der Waals surface area (Å²) in [4.78, 5) is 46.2. The van der Waals surface area contributed by atoms with Crippen LogP contribution in [-0.4, -0.2) is 58.3 Å². The molecule has 0 heterocycles. The number of benzene rings is 1. The van der Waals surface area contributed by atoms with E-state index in [2.05, 4.69) is 10.6 Å². The van der Waals surface area contributed by atoms with E-state index in [1.165, 1.54) is 11.8 Å². The van der Waals surface area contributed by atoms with Gasteiger partial charge in [-0.05, 0) is 18.6 Å². The topological polar surface area (TPSA) is 159 Å². The SMILES string of the molecule is N[C@@H](CCC(=O)N[C@@H](CSc1ccccc1)C(=O)NCC(=O)O)C(=O)O. The lowest BCUT2D eigenvalue weighted by molar-refractivity contribution is -0.139. The van der Waals surface area contributed by atoms with Crippen molar-refractivity contribution >= 4 is 35.5 Å². The summed E-state index contributed by atoms with van der Waals surface area (Å²) in [6.07, 6.45) is -0.233. The van der Waals surface area contributed by atoms with Gasteiger partial charge in [0, 0.05) is 17.1 Å². The number of carboxylic acids is 2. The minimum absolute atomic E-state index is 0.0730. The molecule has 1 aromatic carbocycles. The maximum absolute atomic E-state index is 12.1. The van der Waals surface area contributed by atoms with Crippen molar-refractivity contribution in [3.63, 3.8) is 0 Å². The summed E-state index contributed by atoms with van der Waals surface area (Å²) in [5.74, 6) is -3.40. The Morgan fingerprint density at radius 3 is 2.35 bits per heavy atom. The van der Waals surface area contributed by atoms with Crippen LogP contribution in [0, 0.1) is 0 Å². The van der Waals surface area contributed by atoms with Gasteiger partial charge in [0.15, 0.2) is 0 Å². The molecule has 26 heavy (non-hydrogen) atoms. The standard InChI is InChI=1S/C16H21N3O6S/c17-11(16(24)25)6-7-13(20)19-12(15(23)18-8-14(21)22)9-26-10-4-2-1-3-5-10/h1-5,11-12H,6-9,17H2,(H,18,23)(H,19,20)(H,21,22)(H,24,25)/t11-,12-/m0/s1. The Morgan fingerprint density at radius 2 is 1.77 bits per heavy atom. The molecule has 2 atom stereocenters. The molecule has 0 bridgehead atoms. The number of rotatable bonds is 11. The van der Waals surface area contributed by atoms with Gasteiger partial charge in [0.2, 0.25) is 11.8 Å². The van der Waals surface area contributed by atoms with E-state index in [0.717, 1.165) is 4.90 Å². The molecule has 142 valence electrons. The molecular weight excluding hydrogens is 362 g/mol. The molecule has 0 unspecified atom stereocenters. The van der Waals surface area contributed by atoms with E-state index >= 15 is 0 Å². The predicted octanol–water partition coefficient (Wildman–Crippen LogP) is -0.344. The van der Waals surface area contributed by atoms with Crippen molar-refractivity contribution in [2.24, 2.45) is 5.73 Å². The molecule has 10 heteroatoms. The number of carbonyl (C=O) groups is 4. The lowest BCUT2D eigenvalue weighted by Gasteiger charge is -2.18. The summed E-state index contributed by atoms with van der Waals surface area (Å²) in [6.45, 7) is -0.564. The smallest absolute Gasteiger partial charge is 0.322 e. The van der Waals surface area contributed by atoms with Gasteiger partial charge in [-0.3, -0.25) is 19.2 Å². The first-order chi connectivity index (χ1) is 12.3. The highest BCUT2D eigenvalue weighted by Gasteiger charge is 2.22. The fourth-order valence-corrected chi connectivity index (χ4v) is 2.79. The summed E-state index contributed by atoms with van der Waals surface area (Å²) in [5, 5.41) is 22.1. The lowest BCUT2D eigenvalue weighted by Crippen LogP contribution is -2.49. The Bertz CT molecular complexity index is 640. The molecule has 0 aliphatic heterocycles. The first kappa shape index (κ1) is 21.5. The third kappa shape index (κ3) is 8.49. The Labute approximate surface area is 154 Å². The molecule has 0 aromatic heterocycles. The molecule has 1 aromatic rings. The second kappa shape index (κ2) is 11.1. The first-order valence-corrected chi connectivity index (χ1v) is 8.73. The molecule has 2 amide bonds. The molecule has 0 fully saturated rings. The molecule has 0 spiro atoms. The maximum atomic E-state index is 12.1. The van der Waals surface area contributed by atoms with Crippen LogP contribution in [0.2, 0.25) is 0 Å². The van der Waals surface area contributed by atoms with Crippen LogP contribution >= 0.6 is 11.8 Å². The highest BCUT2D eigenvalue weighted by molar-refractivity contribution is 7.99. The van der Waals surface area contributed by atoms with Gasteiger partial charge in [-0.1, -0.05) is 18.2 Å². The van der Waals surface area contributed by atoms with Crippen molar-refractivity contribution in [3.05, 3.63) is 30.3 Å². The van der Waals surface area contributed by atoms with E-state index in [9.17, 15) is 19.2 Å².